The molecule has 1 aromatic heterocycles. The molecule has 7 heteroatoms. The molecule has 0 saturated heterocycles. The Hall–Kier alpha value is -2.54. The summed E-state index contributed by atoms with van der Waals surface area (Å²) in [6.07, 6.45) is 0.202. The molecule has 0 aliphatic rings. The van der Waals surface area contributed by atoms with E-state index >= 15 is 0 Å². The van der Waals surface area contributed by atoms with Gasteiger partial charge in [0.15, 0.2) is 5.78 Å². The average Bonchev–Trinajstić information content (AvgIpc) is 2.56. The lowest BCUT2D eigenvalue weighted by Crippen LogP contribution is -2.16. The molecule has 0 radical (unpaired) electrons. The molecule has 2 rings (SSSR count). The van der Waals surface area contributed by atoms with Crippen LogP contribution in [-0.4, -0.2) is 33.0 Å². The summed E-state index contributed by atoms with van der Waals surface area (Å²) in [4.78, 5) is 27.4. The van der Waals surface area contributed by atoms with E-state index in [1.165, 1.54) is 11.5 Å². The second kappa shape index (κ2) is 7.83. The number of ketones is 1. The van der Waals surface area contributed by atoms with Crippen LogP contribution in [0.2, 0.25) is 0 Å². The van der Waals surface area contributed by atoms with Crippen molar-refractivity contribution in [3.05, 3.63) is 40.5 Å². The molecule has 0 unspecified atom stereocenters. The quantitative estimate of drug-likeness (QED) is 0.492. The summed E-state index contributed by atoms with van der Waals surface area (Å²) in [5.74, 6) is -0.550. The minimum atomic E-state index is -0.422. The van der Waals surface area contributed by atoms with Crippen molar-refractivity contribution in [2.24, 2.45) is 0 Å². The minimum Gasteiger partial charge on any atom is -0.494 e. The molecule has 6 nitrogen and oxygen atoms in total. The molecule has 0 spiro atoms. The second-order valence-electron chi connectivity index (χ2n) is 5.07. The standard InChI is InChI=1S/C17H18N2O4S/c1-3-13(21)14-16(24)18-15(12-7-5-4-6-8-12)19(17(14)22)9-10-23-11(2)20/h4-8,22H,3,9-10H2,1-2H3. The highest BCUT2D eigenvalue weighted by molar-refractivity contribution is 7.71. The van der Waals surface area contributed by atoms with E-state index in [2.05, 4.69) is 4.98 Å². The fourth-order valence-corrected chi connectivity index (χ4v) is 2.56. The molecule has 1 N–H and O–H groups in total. The van der Waals surface area contributed by atoms with Crippen LogP contribution >= 0.6 is 12.2 Å². The summed E-state index contributed by atoms with van der Waals surface area (Å²) < 4.78 is 6.44. The van der Waals surface area contributed by atoms with Crippen LogP contribution in [0.4, 0.5) is 0 Å². The van der Waals surface area contributed by atoms with Crippen molar-refractivity contribution >= 4 is 24.0 Å². The van der Waals surface area contributed by atoms with Crippen molar-refractivity contribution in [2.75, 3.05) is 6.61 Å². The highest BCUT2D eigenvalue weighted by Crippen LogP contribution is 2.27. The molecule has 1 heterocycles. The van der Waals surface area contributed by atoms with E-state index in [4.69, 9.17) is 17.0 Å². The van der Waals surface area contributed by atoms with Crippen molar-refractivity contribution in [3.8, 4) is 17.3 Å². The van der Waals surface area contributed by atoms with Crippen LogP contribution in [0.1, 0.15) is 30.6 Å². The van der Waals surface area contributed by atoms with Gasteiger partial charge in [-0.3, -0.25) is 14.2 Å². The van der Waals surface area contributed by atoms with E-state index in [9.17, 15) is 14.7 Å². The molecule has 126 valence electrons. The first kappa shape index (κ1) is 17.8. The largest absolute Gasteiger partial charge is 0.494 e. The van der Waals surface area contributed by atoms with Crippen molar-refractivity contribution < 1.29 is 19.4 Å². The van der Waals surface area contributed by atoms with E-state index < -0.39 is 5.97 Å². The Labute approximate surface area is 144 Å². The highest BCUT2D eigenvalue weighted by Gasteiger charge is 2.20. The number of aromatic nitrogens is 2. The summed E-state index contributed by atoms with van der Waals surface area (Å²) >= 11 is 5.19. The Kier molecular flexibility index (Phi) is 5.81. The Bertz CT molecular complexity index is 815. The topological polar surface area (TPSA) is 81.4 Å². The van der Waals surface area contributed by atoms with Gasteiger partial charge >= 0.3 is 5.97 Å². The molecule has 0 aliphatic carbocycles. The van der Waals surface area contributed by atoms with Gasteiger partial charge in [-0.2, -0.15) is 0 Å². The number of rotatable bonds is 6. The molecule has 0 atom stereocenters. The molecule has 0 amide bonds. The van der Waals surface area contributed by atoms with Gasteiger partial charge in [0.05, 0.1) is 6.54 Å². The smallest absolute Gasteiger partial charge is 0.302 e. The van der Waals surface area contributed by atoms with Crippen LogP contribution in [-0.2, 0) is 16.1 Å². The first-order chi connectivity index (χ1) is 11.5. The number of hydrogen-bond donors (Lipinski definition) is 1. The maximum Gasteiger partial charge on any atom is 0.302 e. The van der Waals surface area contributed by atoms with Gasteiger partial charge < -0.3 is 9.84 Å². The number of esters is 1. The van der Waals surface area contributed by atoms with Crippen LogP contribution in [0.3, 0.4) is 0 Å². The summed E-state index contributed by atoms with van der Waals surface area (Å²) in [5, 5.41) is 10.6. The van der Waals surface area contributed by atoms with Gasteiger partial charge in [-0.1, -0.05) is 49.5 Å². The average molecular weight is 346 g/mol. The molecule has 0 bridgehead atoms. The van der Waals surface area contributed by atoms with Crippen LogP contribution in [0.5, 0.6) is 5.88 Å². The number of carbonyl (C=O) groups is 2. The molecule has 0 saturated carbocycles. The predicted octanol–water partition coefficient (Wildman–Crippen LogP) is 3.14. The Balaban J connectivity index is 2.59. The fourth-order valence-electron chi connectivity index (χ4n) is 2.26. The fraction of sp³-hybridized carbons (Fsp3) is 0.294. The second-order valence-corrected chi connectivity index (χ2v) is 5.46. The van der Waals surface area contributed by atoms with E-state index in [1.807, 2.05) is 30.3 Å². The van der Waals surface area contributed by atoms with Crippen LogP contribution in [0.15, 0.2) is 30.3 Å². The van der Waals surface area contributed by atoms with Gasteiger partial charge in [-0.05, 0) is 0 Å². The van der Waals surface area contributed by atoms with Gasteiger partial charge in [0, 0.05) is 18.9 Å². The number of benzene rings is 1. The van der Waals surface area contributed by atoms with E-state index in [0.717, 1.165) is 5.56 Å². The molecule has 0 fully saturated rings. The minimum absolute atomic E-state index is 0.0232. The highest BCUT2D eigenvalue weighted by atomic mass is 32.1. The van der Waals surface area contributed by atoms with Gasteiger partial charge in [0.1, 0.15) is 22.6 Å². The summed E-state index contributed by atoms with van der Waals surface area (Å²) in [6.45, 7) is 3.19. The molecule has 24 heavy (non-hydrogen) atoms. The Morgan fingerprint density at radius 1 is 1.29 bits per heavy atom. The predicted molar refractivity (Wildman–Crippen MR) is 91.4 cm³/mol. The number of aromatic hydroxyl groups is 1. The van der Waals surface area contributed by atoms with Crippen molar-refractivity contribution in [2.45, 2.75) is 26.8 Å². The zero-order chi connectivity index (χ0) is 17.7. The third kappa shape index (κ3) is 3.86. The number of Topliss-reactive ketones (excluding diaryl/α,β-unsaturated/α-hetero) is 1. The number of carbonyl (C=O) groups excluding carboxylic acids is 2. The monoisotopic (exact) mass is 346 g/mol. The molecule has 0 aliphatic heterocycles. The lowest BCUT2D eigenvalue weighted by molar-refractivity contribution is -0.141. The van der Waals surface area contributed by atoms with Gasteiger partial charge in [-0.15, -0.1) is 0 Å². The number of ether oxygens (including phenoxy) is 1. The third-order valence-electron chi connectivity index (χ3n) is 3.41. The normalized spacial score (nSPS) is 10.4. The SMILES string of the molecule is CCC(=O)c1c(O)n(CCOC(C)=O)c(-c2ccccc2)nc1=S. The van der Waals surface area contributed by atoms with Gasteiger partial charge in [0.25, 0.3) is 0 Å². The summed E-state index contributed by atoms with van der Waals surface area (Å²) in [7, 11) is 0. The molecular weight excluding hydrogens is 328 g/mol. The summed E-state index contributed by atoms with van der Waals surface area (Å²) in [6, 6.07) is 9.16. The lowest BCUT2D eigenvalue weighted by atomic mass is 10.1. The van der Waals surface area contributed by atoms with E-state index in [-0.39, 0.29) is 41.4 Å². The summed E-state index contributed by atoms with van der Waals surface area (Å²) in [5.41, 5.74) is 0.757. The zero-order valence-corrected chi connectivity index (χ0v) is 14.3. The number of hydrogen-bond acceptors (Lipinski definition) is 6. The van der Waals surface area contributed by atoms with E-state index in [0.29, 0.717) is 5.82 Å². The van der Waals surface area contributed by atoms with Crippen molar-refractivity contribution in [3.63, 3.8) is 0 Å². The first-order valence-corrected chi connectivity index (χ1v) is 7.92. The number of nitrogens with zero attached hydrogens (tertiary/aromatic N) is 2. The van der Waals surface area contributed by atoms with E-state index in [1.54, 1.807) is 6.92 Å². The van der Waals surface area contributed by atoms with Gasteiger partial charge in [0.2, 0.25) is 5.88 Å². The van der Waals surface area contributed by atoms with Crippen LogP contribution in [0.25, 0.3) is 11.4 Å². The van der Waals surface area contributed by atoms with Crippen molar-refractivity contribution in [1.82, 2.24) is 9.55 Å². The maximum absolute atomic E-state index is 12.1. The first-order valence-electron chi connectivity index (χ1n) is 7.51. The maximum atomic E-state index is 12.1. The molecule has 2 aromatic rings. The van der Waals surface area contributed by atoms with Crippen molar-refractivity contribution in [1.29, 1.82) is 0 Å². The Morgan fingerprint density at radius 3 is 2.54 bits per heavy atom. The third-order valence-corrected chi connectivity index (χ3v) is 3.70. The van der Waals surface area contributed by atoms with Crippen LogP contribution < -0.4 is 0 Å². The van der Waals surface area contributed by atoms with Crippen LogP contribution in [0, 0.1) is 4.64 Å². The molecular formula is C17H18N2O4S. The van der Waals surface area contributed by atoms with Gasteiger partial charge in [-0.25, -0.2) is 4.98 Å². The lowest BCUT2D eigenvalue weighted by Gasteiger charge is -2.17. The molecule has 1 aromatic carbocycles. The Morgan fingerprint density at radius 2 is 1.96 bits per heavy atom. The zero-order valence-electron chi connectivity index (χ0n) is 13.5.